The van der Waals surface area contributed by atoms with E-state index in [-0.39, 0.29) is 24.5 Å². The smallest absolute Gasteiger partial charge is 0.172 e. The van der Waals surface area contributed by atoms with Crippen LogP contribution >= 0.6 is 11.6 Å². The molecule has 0 saturated heterocycles. The summed E-state index contributed by atoms with van der Waals surface area (Å²) in [6, 6.07) is 18.2. The lowest BCUT2D eigenvalue weighted by atomic mass is 9.96. The van der Waals surface area contributed by atoms with Crippen molar-refractivity contribution >= 4 is 11.6 Å². The van der Waals surface area contributed by atoms with Crippen LogP contribution in [-0.2, 0) is 19.6 Å². The van der Waals surface area contributed by atoms with Crippen molar-refractivity contribution in [2.45, 2.75) is 58.1 Å². The topological polar surface area (TPSA) is 96.6 Å². The molecule has 7 nitrogen and oxygen atoms in total. The number of nitrogens with one attached hydrogen (secondary N) is 1. The third-order valence-corrected chi connectivity index (χ3v) is 8.03. The molecule has 0 amide bonds. The normalized spacial score (nSPS) is 15.3. The Labute approximate surface area is 255 Å². The van der Waals surface area contributed by atoms with Gasteiger partial charge < -0.3 is 24.6 Å². The molecule has 0 spiro atoms. The van der Waals surface area contributed by atoms with E-state index in [0.717, 1.165) is 34.2 Å². The van der Waals surface area contributed by atoms with Crippen LogP contribution in [-0.4, -0.2) is 29.3 Å². The number of nitrogens with zero attached hydrogens (tertiary/aromatic N) is 2. The molecule has 0 bridgehead atoms. The Morgan fingerprint density at radius 3 is 2.65 bits per heavy atom. The molecule has 5 rings (SSSR count). The Hall–Kier alpha value is -4.16. The van der Waals surface area contributed by atoms with Gasteiger partial charge in [0.25, 0.3) is 0 Å². The number of aliphatic hydroxyl groups is 1. The number of nitriles is 1. The largest absolute Gasteiger partial charge is 0.494 e. The second-order valence-corrected chi connectivity index (χ2v) is 11.0. The van der Waals surface area contributed by atoms with Crippen molar-refractivity contribution in [3.63, 3.8) is 0 Å². The Morgan fingerprint density at radius 1 is 1.09 bits per heavy atom. The van der Waals surface area contributed by atoms with Gasteiger partial charge in [-0.05, 0) is 61.6 Å². The summed E-state index contributed by atoms with van der Waals surface area (Å²) in [5, 5.41) is 22.9. The molecular weight excluding hydrogens is 569 g/mol. The first kappa shape index (κ1) is 30.3. The van der Waals surface area contributed by atoms with Gasteiger partial charge in [-0.2, -0.15) is 5.26 Å². The quantitative estimate of drug-likeness (QED) is 0.192. The Balaban J connectivity index is 1.43. The highest BCUT2D eigenvalue weighted by Gasteiger charge is 2.29. The number of fused-ring (bicyclic) bond motifs is 1. The maximum atomic E-state index is 15.2. The van der Waals surface area contributed by atoms with Crippen molar-refractivity contribution in [3.8, 4) is 34.4 Å². The lowest BCUT2D eigenvalue weighted by Gasteiger charge is -2.21. The van der Waals surface area contributed by atoms with Crippen LogP contribution in [0.4, 0.5) is 4.39 Å². The van der Waals surface area contributed by atoms with Crippen LogP contribution in [0.2, 0.25) is 5.02 Å². The Morgan fingerprint density at radius 2 is 1.88 bits per heavy atom. The van der Waals surface area contributed by atoms with Gasteiger partial charge in [0.05, 0.1) is 23.8 Å². The molecule has 0 unspecified atom stereocenters. The molecular formula is C34H33ClFN3O4. The molecule has 222 valence electrons. The van der Waals surface area contributed by atoms with Crippen molar-refractivity contribution in [2.24, 2.45) is 0 Å². The highest BCUT2D eigenvalue weighted by atomic mass is 35.5. The Kier molecular flexibility index (Phi) is 9.46. The minimum atomic E-state index is -0.542. The maximum Gasteiger partial charge on any atom is 0.172 e. The summed E-state index contributed by atoms with van der Waals surface area (Å²) < 4.78 is 33.1. The highest BCUT2D eigenvalue weighted by Crippen LogP contribution is 2.44. The average Bonchev–Trinajstić information content (AvgIpc) is 3.43. The summed E-state index contributed by atoms with van der Waals surface area (Å²) in [6.07, 6.45) is 3.74. The van der Waals surface area contributed by atoms with Gasteiger partial charge in [0, 0.05) is 47.7 Å². The van der Waals surface area contributed by atoms with Crippen LogP contribution in [0.25, 0.3) is 11.1 Å². The van der Waals surface area contributed by atoms with Gasteiger partial charge in [0.15, 0.2) is 11.6 Å². The standard InChI is InChI=1S/C34H33ClFN3O4/c1-20(21(2)40)39-18-24-13-29(35)33(14-32(24)42-19-23-12-22(15-37)16-38-17-23)43-30-11-10-26-25(6-4-7-27(26)30)28-8-5-9-31(41-3)34(28)36/h4-9,12-14,16-17,20-21,30,39-40H,10-11,18-19H2,1-3H3/t20-,21-,30+/m1/s1. The van der Waals surface area contributed by atoms with E-state index in [1.165, 1.54) is 13.3 Å². The Bertz CT molecular complexity index is 1660. The first-order valence-electron chi connectivity index (χ1n) is 14.1. The van der Waals surface area contributed by atoms with Crippen molar-refractivity contribution < 1.29 is 23.7 Å². The number of hydrogen-bond acceptors (Lipinski definition) is 7. The van der Waals surface area contributed by atoms with Crippen LogP contribution < -0.4 is 19.5 Å². The van der Waals surface area contributed by atoms with Crippen LogP contribution in [0.15, 0.2) is 67.0 Å². The number of ether oxygens (including phenoxy) is 3. The van der Waals surface area contributed by atoms with Crippen LogP contribution in [0.1, 0.15) is 54.2 Å². The lowest BCUT2D eigenvalue weighted by molar-refractivity contribution is 0.152. The number of aromatic nitrogens is 1. The zero-order chi connectivity index (χ0) is 30.5. The third-order valence-electron chi connectivity index (χ3n) is 7.73. The van der Waals surface area contributed by atoms with E-state index in [9.17, 15) is 10.4 Å². The molecule has 0 radical (unpaired) electrons. The molecule has 1 aliphatic carbocycles. The third kappa shape index (κ3) is 6.75. The SMILES string of the molecule is COc1cccc(-c2cccc3c2CC[C@@H]3Oc2cc(OCc3cncc(C#N)c3)c(CN[C@H](C)[C@@H](C)O)cc2Cl)c1F. The van der Waals surface area contributed by atoms with Gasteiger partial charge in [-0.25, -0.2) is 4.39 Å². The first-order valence-corrected chi connectivity index (χ1v) is 14.5. The van der Waals surface area contributed by atoms with Gasteiger partial charge in [-0.3, -0.25) is 4.98 Å². The van der Waals surface area contributed by atoms with Crippen molar-refractivity contribution in [3.05, 3.63) is 106 Å². The summed E-state index contributed by atoms with van der Waals surface area (Å²) in [6.45, 7) is 4.21. The van der Waals surface area contributed by atoms with E-state index in [1.54, 1.807) is 49.5 Å². The number of aliphatic hydroxyl groups excluding tert-OH is 1. The summed E-state index contributed by atoms with van der Waals surface area (Å²) in [4.78, 5) is 4.12. The number of benzene rings is 3. The minimum Gasteiger partial charge on any atom is -0.494 e. The maximum absolute atomic E-state index is 15.2. The molecule has 2 N–H and O–H groups in total. The van der Waals surface area contributed by atoms with Crippen LogP contribution in [0.5, 0.6) is 17.2 Å². The molecule has 0 aliphatic heterocycles. The number of halogens is 2. The zero-order valence-electron chi connectivity index (χ0n) is 24.2. The fraction of sp³-hybridized carbons (Fsp3) is 0.294. The molecule has 3 aromatic carbocycles. The molecule has 4 aromatic rings. The van der Waals surface area contributed by atoms with Crippen molar-refractivity contribution in [1.82, 2.24) is 10.3 Å². The van der Waals surface area contributed by atoms with Crippen LogP contribution in [0.3, 0.4) is 0 Å². The first-order chi connectivity index (χ1) is 20.8. The summed E-state index contributed by atoms with van der Waals surface area (Å²) in [5.74, 6) is 0.825. The van der Waals surface area contributed by atoms with Crippen LogP contribution in [0, 0.1) is 17.1 Å². The van der Waals surface area contributed by atoms with E-state index < -0.39 is 11.9 Å². The number of methoxy groups -OCH3 is 1. The average molecular weight is 602 g/mol. The molecule has 1 aliphatic rings. The van der Waals surface area contributed by atoms with Gasteiger partial charge in [-0.1, -0.05) is 41.9 Å². The monoisotopic (exact) mass is 601 g/mol. The fourth-order valence-electron chi connectivity index (χ4n) is 5.19. The predicted molar refractivity (Wildman–Crippen MR) is 163 cm³/mol. The van der Waals surface area contributed by atoms with E-state index in [0.29, 0.717) is 40.6 Å². The molecule has 43 heavy (non-hydrogen) atoms. The van der Waals surface area contributed by atoms with Gasteiger partial charge in [-0.15, -0.1) is 0 Å². The number of pyridine rings is 1. The fourth-order valence-corrected chi connectivity index (χ4v) is 5.42. The summed E-state index contributed by atoms with van der Waals surface area (Å²) in [5.41, 5.74) is 5.30. The predicted octanol–water partition coefficient (Wildman–Crippen LogP) is 6.93. The second kappa shape index (κ2) is 13.4. The minimum absolute atomic E-state index is 0.155. The van der Waals surface area contributed by atoms with E-state index in [1.807, 2.05) is 25.1 Å². The van der Waals surface area contributed by atoms with Gasteiger partial charge in [0.1, 0.15) is 30.3 Å². The summed E-state index contributed by atoms with van der Waals surface area (Å²) in [7, 11) is 1.46. The van der Waals surface area contributed by atoms with Crippen molar-refractivity contribution in [1.29, 1.82) is 5.26 Å². The second-order valence-electron chi connectivity index (χ2n) is 10.6. The van der Waals surface area contributed by atoms with E-state index >= 15 is 4.39 Å². The molecule has 0 saturated carbocycles. The molecule has 0 fully saturated rings. The lowest BCUT2D eigenvalue weighted by Crippen LogP contribution is -2.35. The molecule has 1 heterocycles. The molecule has 3 atom stereocenters. The number of rotatable bonds is 11. The number of hydrogen-bond donors (Lipinski definition) is 2. The van der Waals surface area contributed by atoms with E-state index in [4.69, 9.17) is 25.8 Å². The van der Waals surface area contributed by atoms with Gasteiger partial charge in [0.2, 0.25) is 0 Å². The molecule has 1 aromatic heterocycles. The summed E-state index contributed by atoms with van der Waals surface area (Å²) >= 11 is 6.76. The molecule has 9 heteroatoms. The zero-order valence-corrected chi connectivity index (χ0v) is 25.0. The highest BCUT2D eigenvalue weighted by molar-refractivity contribution is 6.32. The van der Waals surface area contributed by atoms with Crippen molar-refractivity contribution in [2.75, 3.05) is 7.11 Å². The van der Waals surface area contributed by atoms with Gasteiger partial charge >= 0.3 is 0 Å². The van der Waals surface area contributed by atoms with E-state index in [2.05, 4.69) is 16.4 Å².